The zero-order valence-corrected chi connectivity index (χ0v) is 48.4. The van der Waals surface area contributed by atoms with E-state index in [1.165, 1.54) is 0 Å². The zero-order chi connectivity index (χ0) is 57.4. The number of alkyl carbamates (subject to hydrolysis) is 2. The summed E-state index contributed by atoms with van der Waals surface area (Å²) >= 11 is 0. The summed E-state index contributed by atoms with van der Waals surface area (Å²) in [6.07, 6.45) is -1.53. The predicted molar refractivity (Wildman–Crippen MR) is 285 cm³/mol. The van der Waals surface area contributed by atoms with Gasteiger partial charge in [-0.05, 0) is 19.3 Å². The molecule has 0 aliphatic heterocycles. The van der Waals surface area contributed by atoms with Gasteiger partial charge in [-0.3, -0.25) is 4.79 Å². The average molecular weight is 1160 g/mol. The minimum absolute atomic E-state index is 0.0101. The van der Waals surface area contributed by atoms with Crippen molar-refractivity contribution in [3.05, 3.63) is 0 Å². The van der Waals surface area contributed by atoms with Crippen LogP contribution in [-0.2, 0) is 109 Å². The molecule has 2 amide bonds. The molecule has 470 valence electrons. The van der Waals surface area contributed by atoms with Crippen molar-refractivity contribution < 1.29 is 119 Å². The summed E-state index contributed by atoms with van der Waals surface area (Å²) in [4.78, 5) is 39.1. The van der Waals surface area contributed by atoms with Crippen molar-refractivity contribution in [1.29, 1.82) is 0 Å². The van der Waals surface area contributed by atoms with E-state index in [1.807, 2.05) is 0 Å². The largest absolute Gasteiger partial charge is 0.441 e. The SMILES string of the molecule is CCC(=O)C(CCCCNC(=O)OC(COCCOCCOCCOCCOC)COCCOCCOCCOCCOC)NC(=O)OC(COCCOCCOCCOCCOC)COCCOCCOCCOCCOC. The van der Waals surface area contributed by atoms with Gasteiger partial charge in [0.1, 0.15) is 0 Å². The Labute approximate surface area is 469 Å². The van der Waals surface area contributed by atoms with Crippen LogP contribution in [-0.4, -0.2) is 309 Å². The molecule has 0 aromatic rings. The number of hydrogen-bond donors (Lipinski definition) is 2. The van der Waals surface area contributed by atoms with Gasteiger partial charge in [-0.1, -0.05) is 6.92 Å². The van der Waals surface area contributed by atoms with Crippen LogP contribution in [0, 0.1) is 0 Å². The van der Waals surface area contributed by atoms with Gasteiger partial charge in [-0.25, -0.2) is 9.59 Å². The number of Topliss-reactive ketones (excluding diaryl/α,β-unsaturated/α-hetero) is 1. The van der Waals surface area contributed by atoms with Gasteiger partial charge in [0.2, 0.25) is 0 Å². The molecule has 1 unspecified atom stereocenters. The van der Waals surface area contributed by atoms with Crippen LogP contribution in [0.4, 0.5) is 9.59 Å². The highest BCUT2D eigenvalue weighted by Crippen LogP contribution is 2.07. The average Bonchev–Trinajstić information content (AvgIpc) is 3.44. The van der Waals surface area contributed by atoms with Crippen molar-refractivity contribution in [2.24, 2.45) is 0 Å². The van der Waals surface area contributed by atoms with E-state index in [9.17, 15) is 14.4 Å². The van der Waals surface area contributed by atoms with E-state index < -0.39 is 30.4 Å². The monoisotopic (exact) mass is 1150 g/mol. The molecule has 27 heteroatoms. The molecule has 0 aliphatic carbocycles. The number of rotatable bonds is 66. The molecule has 0 fully saturated rings. The zero-order valence-electron chi connectivity index (χ0n) is 48.4. The van der Waals surface area contributed by atoms with E-state index in [0.29, 0.717) is 191 Å². The lowest BCUT2D eigenvalue weighted by Crippen LogP contribution is -2.43. The molecule has 0 radical (unpaired) electrons. The molecule has 1 atom stereocenters. The molecule has 27 nitrogen and oxygen atoms in total. The lowest BCUT2D eigenvalue weighted by Gasteiger charge is -2.22. The van der Waals surface area contributed by atoms with E-state index >= 15 is 0 Å². The van der Waals surface area contributed by atoms with Crippen LogP contribution in [0.15, 0.2) is 0 Å². The number of ether oxygens (including phenoxy) is 22. The maximum Gasteiger partial charge on any atom is 0.408 e. The highest BCUT2D eigenvalue weighted by molar-refractivity contribution is 5.87. The third-order valence-electron chi connectivity index (χ3n) is 10.2. The molecule has 79 heavy (non-hydrogen) atoms. The van der Waals surface area contributed by atoms with Gasteiger partial charge in [0.25, 0.3) is 0 Å². The first kappa shape index (κ1) is 76.4. The van der Waals surface area contributed by atoms with Crippen LogP contribution < -0.4 is 10.6 Å². The summed E-state index contributed by atoms with van der Waals surface area (Å²) in [7, 11) is 6.46. The minimum atomic E-state index is -0.824. The standard InChI is InChI=1S/C52H102N2O25/c1-6-50(55)49(54-52(57)79-48(45-76-41-37-72-33-29-68-25-21-64-17-13-60-4)46-77-42-38-73-34-30-69-26-22-65-18-14-61-5)9-7-8-10-53-51(56)78-47(43-74-39-35-70-31-27-66-23-19-62-15-11-58-2)44-75-40-36-71-32-28-67-24-20-63-16-12-59-3/h47-49H,6-46H2,1-5H3,(H,53,56)(H,54,57). The van der Waals surface area contributed by atoms with Gasteiger partial charge in [0.05, 0.1) is 244 Å². The highest BCUT2D eigenvalue weighted by atomic mass is 16.6. The van der Waals surface area contributed by atoms with E-state index in [-0.39, 0.29) is 84.8 Å². The summed E-state index contributed by atoms with van der Waals surface area (Å²) in [6, 6.07) is -0.824. The summed E-state index contributed by atoms with van der Waals surface area (Å²) in [5, 5.41) is 5.46. The second-order valence-electron chi connectivity index (χ2n) is 16.6. The summed E-state index contributed by atoms with van der Waals surface area (Å²) in [6.45, 7) is 15.1. The molecule has 0 aliphatic rings. The lowest BCUT2D eigenvalue weighted by atomic mass is 10.0. The first-order valence-electron chi connectivity index (χ1n) is 27.6. The quantitative estimate of drug-likeness (QED) is 0.0817. The Bertz CT molecular complexity index is 1210. The highest BCUT2D eigenvalue weighted by Gasteiger charge is 2.23. The number of amides is 2. The Balaban J connectivity index is 4.97. The Morgan fingerprint density at radius 3 is 0.810 bits per heavy atom. The number of carbonyl (C=O) groups is 3. The number of ketones is 1. The van der Waals surface area contributed by atoms with Crippen LogP contribution in [0.3, 0.4) is 0 Å². The van der Waals surface area contributed by atoms with Crippen molar-refractivity contribution >= 4 is 18.0 Å². The smallest absolute Gasteiger partial charge is 0.408 e. The fraction of sp³-hybridized carbons (Fsp3) is 0.942. The van der Waals surface area contributed by atoms with Gasteiger partial charge in [0.15, 0.2) is 18.0 Å². The Morgan fingerprint density at radius 2 is 0.557 bits per heavy atom. The van der Waals surface area contributed by atoms with Crippen molar-refractivity contribution in [1.82, 2.24) is 10.6 Å². The number of methoxy groups -OCH3 is 4. The van der Waals surface area contributed by atoms with Crippen LogP contribution in [0.2, 0.25) is 0 Å². The number of carbonyl (C=O) groups excluding carboxylic acids is 3. The Kier molecular flexibility index (Phi) is 62.5. The molecule has 0 bridgehead atoms. The molecular formula is C52H102N2O25. The lowest BCUT2D eigenvalue weighted by molar-refractivity contribution is -0.121. The van der Waals surface area contributed by atoms with Crippen LogP contribution in [0.25, 0.3) is 0 Å². The van der Waals surface area contributed by atoms with Gasteiger partial charge < -0.3 is 115 Å². The van der Waals surface area contributed by atoms with Crippen molar-refractivity contribution in [3.8, 4) is 0 Å². The number of hydrogen-bond acceptors (Lipinski definition) is 25. The fourth-order valence-electron chi connectivity index (χ4n) is 6.04. The van der Waals surface area contributed by atoms with E-state index in [2.05, 4.69) is 10.6 Å². The van der Waals surface area contributed by atoms with Gasteiger partial charge in [0, 0.05) is 41.4 Å². The van der Waals surface area contributed by atoms with Crippen LogP contribution >= 0.6 is 0 Å². The minimum Gasteiger partial charge on any atom is -0.441 e. The summed E-state index contributed by atoms with van der Waals surface area (Å²) in [5.41, 5.74) is 0. The van der Waals surface area contributed by atoms with E-state index in [0.717, 1.165) is 0 Å². The van der Waals surface area contributed by atoms with Crippen LogP contribution in [0.1, 0.15) is 32.6 Å². The van der Waals surface area contributed by atoms with Gasteiger partial charge in [-0.15, -0.1) is 0 Å². The molecule has 2 N–H and O–H groups in total. The normalized spacial score (nSPS) is 12.0. The summed E-state index contributed by atoms with van der Waals surface area (Å²) in [5.74, 6) is -0.174. The van der Waals surface area contributed by atoms with Crippen molar-refractivity contribution in [2.75, 3.05) is 273 Å². The van der Waals surface area contributed by atoms with Crippen LogP contribution in [0.5, 0.6) is 0 Å². The second kappa shape index (κ2) is 64.6. The maximum absolute atomic E-state index is 13.2. The molecule has 0 spiro atoms. The topological polar surface area (TPSA) is 278 Å². The van der Waals surface area contributed by atoms with E-state index in [4.69, 9.17) is 104 Å². The third-order valence-corrected chi connectivity index (χ3v) is 10.2. The number of nitrogens with one attached hydrogen (secondary N) is 2. The maximum atomic E-state index is 13.2. The Morgan fingerprint density at radius 1 is 0.316 bits per heavy atom. The second-order valence-corrected chi connectivity index (χ2v) is 16.6. The molecule has 0 saturated heterocycles. The third kappa shape index (κ3) is 58.4. The first-order chi connectivity index (χ1) is 38.9. The van der Waals surface area contributed by atoms with Gasteiger partial charge >= 0.3 is 12.2 Å². The number of unbranched alkanes of at least 4 members (excludes halogenated alkanes) is 1. The van der Waals surface area contributed by atoms with Crippen molar-refractivity contribution in [3.63, 3.8) is 0 Å². The molecule has 0 rings (SSSR count). The first-order valence-corrected chi connectivity index (χ1v) is 27.6. The van der Waals surface area contributed by atoms with Crippen molar-refractivity contribution in [2.45, 2.75) is 50.9 Å². The van der Waals surface area contributed by atoms with E-state index in [1.54, 1.807) is 35.4 Å². The Hall–Kier alpha value is -2.59. The fourth-order valence-corrected chi connectivity index (χ4v) is 6.04. The molecule has 0 saturated carbocycles. The summed E-state index contributed by atoms with van der Waals surface area (Å²) < 4.78 is 120. The predicted octanol–water partition coefficient (Wildman–Crippen LogP) is 1.55. The molecule has 0 heterocycles. The van der Waals surface area contributed by atoms with Gasteiger partial charge in [-0.2, -0.15) is 0 Å². The molecule has 0 aromatic carbocycles. The molecule has 0 aromatic heterocycles. The molecular weight excluding hydrogens is 1050 g/mol.